The van der Waals surface area contributed by atoms with E-state index in [4.69, 9.17) is 5.10 Å². The number of hydrogen-bond acceptors (Lipinski definition) is 3. The Morgan fingerprint density at radius 2 is 2.29 bits per heavy atom. The second kappa shape index (κ2) is 6.22. The second-order valence-corrected chi connectivity index (χ2v) is 6.31. The van der Waals surface area contributed by atoms with Crippen molar-refractivity contribution in [1.29, 1.82) is 0 Å². The Morgan fingerprint density at radius 1 is 1.43 bits per heavy atom. The van der Waals surface area contributed by atoms with Crippen molar-refractivity contribution in [2.24, 2.45) is 0 Å². The number of aromatic nitrogens is 4. The summed E-state index contributed by atoms with van der Waals surface area (Å²) in [6.45, 7) is 6.20. The molecule has 2 aromatic heterocycles. The molecule has 0 fully saturated rings. The number of fused-ring (bicyclic) bond motifs is 1. The van der Waals surface area contributed by atoms with Gasteiger partial charge in [0.25, 0.3) is 0 Å². The van der Waals surface area contributed by atoms with Crippen LogP contribution >= 0.6 is 15.9 Å². The van der Waals surface area contributed by atoms with Gasteiger partial charge in [-0.05, 0) is 42.1 Å². The summed E-state index contributed by atoms with van der Waals surface area (Å²) in [5.74, 6) is 1.11. The molecule has 1 unspecified atom stereocenters. The van der Waals surface area contributed by atoms with Crippen molar-refractivity contribution in [3.05, 3.63) is 28.1 Å². The molecule has 2 aromatic rings. The third-order valence-electron chi connectivity index (χ3n) is 4.05. The summed E-state index contributed by atoms with van der Waals surface area (Å²) in [5.41, 5.74) is 2.41. The van der Waals surface area contributed by atoms with Crippen molar-refractivity contribution in [1.82, 2.24) is 19.6 Å². The Morgan fingerprint density at radius 3 is 3.00 bits per heavy atom. The first-order chi connectivity index (χ1) is 10.2. The number of nitrogens with zero attached hydrogens (tertiary/aromatic N) is 4. The van der Waals surface area contributed by atoms with Crippen LogP contribution in [0.25, 0.3) is 0 Å². The molecule has 1 aliphatic heterocycles. The monoisotopic (exact) mass is 351 g/mol. The van der Waals surface area contributed by atoms with Crippen LogP contribution in [0.1, 0.15) is 50.4 Å². The van der Waals surface area contributed by atoms with E-state index in [-0.39, 0.29) is 6.04 Å². The molecule has 1 aliphatic rings. The van der Waals surface area contributed by atoms with Crippen molar-refractivity contribution < 1.29 is 0 Å². The highest BCUT2D eigenvalue weighted by Crippen LogP contribution is 2.36. The number of halogens is 1. The molecule has 0 radical (unpaired) electrons. The third-order valence-corrected chi connectivity index (χ3v) is 4.89. The van der Waals surface area contributed by atoms with Crippen molar-refractivity contribution in [2.45, 2.75) is 52.1 Å². The van der Waals surface area contributed by atoms with E-state index in [1.165, 1.54) is 18.4 Å². The molecule has 0 bridgehead atoms. The van der Waals surface area contributed by atoms with Gasteiger partial charge in [-0.3, -0.25) is 4.68 Å². The maximum Gasteiger partial charge on any atom is 0.139 e. The summed E-state index contributed by atoms with van der Waals surface area (Å²) < 4.78 is 5.24. The average Bonchev–Trinajstić information content (AvgIpc) is 3.10. The van der Waals surface area contributed by atoms with Crippen LogP contribution in [0, 0.1) is 0 Å². The van der Waals surface area contributed by atoms with Crippen molar-refractivity contribution in [2.75, 3.05) is 11.9 Å². The van der Waals surface area contributed by atoms with Crippen LogP contribution in [0.2, 0.25) is 0 Å². The summed E-state index contributed by atoms with van der Waals surface area (Å²) in [4.78, 5) is 0. The highest BCUT2D eigenvalue weighted by atomic mass is 79.9. The average molecular weight is 352 g/mol. The number of anilines is 1. The van der Waals surface area contributed by atoms with Crippen LogP contribution in [0.15, 0.2) is 16.9 Å². The van der Waals surface area contributed by atoms with Gasteiger partial charge in [-0.15, -0.1) is 0 Å². The Hall–Kier alpha value is -1.30. The zero-order valence-electron chi connectivity index (χ0n) is 12.6. The highest BCUT2D eigenvalue weighted by Gasteiger charge is 2.27. The fourth-order valence-electron chi connectivity index (χ4n) is 2.83. The predicted molar refractivity (Wildman–Crippen MR) is 87.7 cm³/mol. The number of nitrogens with one attached hydrogen (secondary N) is 1. The Labute approximate surface area is 133 Å². The van der Waals surface area contributed by atoms with Crippen LogP contribution < -0.4 is 5.32 Å². The first-order valence-corrected chi connectivity index (χ1v) is 8.57. The number of unbranched alkanes of at least 4 members (excludes halogenated alkanes) is 1. The minimum atomic E-state index is 0.285. The maximum absolute atomic E-state index is 4.85. The molecule has 1 N–H and O–H groups in total. The molecule has 1 atom stereocenters. The van der Waals surface area contributed by atoms with Crippen molar-refractivity contribution >= 4 is 21.7 Å². The Kier molecular flexibility index (Phi) is 4.33. The fraction of sp³-hybridized carbons (Fsp3) is 0.600. The lowest BCUT2D eigenvalue weighted by atomic mass is 10.1. The molecule has 0 aromatic carbocycles. The molecular weight excluding hydrogens is 330 g/mol. The van der Waals surface area contributed by atoms with E-state index in [0.717, 1.165) is 41.9 Å². The van der Waals surface area contributed by atoms with E-state index in [1.54, 1.807) is 0 Å². The van der Waals surface area contributed by atoms with Crippen molar-refractivity contribution in [3.8, 4) is 0 Å². The molecule has 3 heterocycles. The maximum atomic E-state index is 4.85. The minimum absolute atomic E-state index is 0.285. The molecule has 0 aliphatic carbocycles. The van der Waals surface area contributed by atoms with Gasteiger partial charge >= 0.3 is 0 Å². The fourth-order valence-corrected chi connectivity index (χ4v) is 3.43. The van der Waals surface area contributed by atoms with Gasteiger partial charge in [0, 0.05) is 24.8 Å². The minimum Gasteiger partial charge on any atom is -0.369 e. The van der Waals surface area contributed by atoms with Crippen molar-refractivity contribution in [3.63, 3.8) is 0 Å². The van der Waals surface area contributed by atoms with Gasteiger partial charge in [0.1, 0.15) is 5.82 Å². The molecule has 0 spiro atoms. The predicted octanol–water partition coefficient (Wildman–Crippen LogP) is 3.61. The zero-order chi connectivity index (χ0) is 14.8. The van der Waals surface area contributed by atoms with Gasteiger partial charge in [-0.1, -0.05) is 13.3 Å². The first-order valence-electron chi connectivity index (χ1n) is 7.77. The van der Waals surface area contributed by atoms with Crippen LogP contribution in [-0.2, 0) is 13.0 Å². The Balaban J connectivity index is 1.93. The van der Waals surface area contributed by atoms with Crippen LogP contribution in [0.3, 0.4) is 0 Å². The van der Waals surface area contributed by atoms with Gasteiger partial charge in [0.2, 0.25) is 0 Å². The molecule has 0 amide bonds. The number of aryl methyl sites for hydroxylation is 2. The lowest BCUT2D eigenvalue weighted by Crippen LogP contribution is -2.24. The third kappa shape index (κ3) is 2.73. The van der Waals surface area contributed by atoms with Gasteiger partial charge in [-0.2, -0.15) is 10.2 Å². The lowest BCUT2D eigenvalue weighted by Gasteiger charge is -2.25. The topological polar surface area (TPSA) is 47.7 Å². The van der Waals surface area contributed by atoms with E-state index in [1.807, 2.05) is 10.9 Å². The normalized spacial score (nSPS) is 17.6. The number of hydrogen-bond donors (Lipinski definition) is 1. The number of rotatable bonds is 5. The SMILES string of the molecule is CCCCc1nn2c(c1Br)NCCC2c1cnn(CC)c1. The van der Waals surface area contributed by atoms with E-state index in [2.05, 4.69) is 51.1 Å². The van der Waals surface area contributed by atoms with Crippen LogP contribution in [-0.4, -0.2) is 26.1 Å². The quantitative estimate of drug-likeness (QED) is 0.894. The molecule has 6 heteroatoms. The van der Waals surface area contributed by atoms with E-state index >= 15 is 0 Å². The second-order valence-electron chi connectivity index (χ2n) is 5.52. The van der Waals surface area contributed by atoms with Crippen LogP contribution in [0.5, 0.6) is 0 Å². The van der Waals surface area contributed by atoms with E-state index in [9.17, 15) is 0 Å². The molecule has 0 saturated heterocycles. The summed E-state index contributed by atoms with van der Waals surface area (Å²) in [5, 5.41) is 12.7. The summed E-state index contributed by atoms with van der Waals surface area (Å²) in [6.07, 6.45) is 8.55. The first kappa shape index (κ1) is 14.6. The molecule has 21 heavy (non-hydrogen) atoms. The summed E-state index contributed by atoms with van der Waals surface area (Å²) in [6, 6.07) is 0.285. The lowest BCUT2D eigenvalue weighted by molar-refractivity contribution is 0.476. The van der Waals surface area contributed by atoms with Gasteiger partial charge in [0.05, 0.1) is 22.4 Å². The van der Waals surface area contributed by atoms with Gasteiger partial charge < -0.3 is 5.32 Å². The van der Waals surface area contributed by atoms with E-state index < -0.39 is 0 Å². The summed E-state index contributed by atoms with van der Waals surface area (Å²) in [7, 11) is 0. The molecule has 3 rings (SSSR count). The largest absolute Gasteiger partial charge is 0.369 e. The molecular formula is C15H22BrN5. The highest BCUT2D eigenvalue weighted by molar-refractivity contribution is 9.10. The molecule has 0 saturated carbocycles. The Bertz CT molecular complexity index is 616. The molecule has 114 valence electrons. The van der Waals surface area contributed by atoms with Gasteiger partial charge in [-0.25, -0.2) is 4.68 Å². The zero-order valence-corrected chi connectivity index (χ0v) is 14.2. The van der Waals surface area contributed by atoms with Crippen LogP contribution in [0.4, 0.5) is 5.82 Å². The smallest absolute Gasteiger partial charge is 0.139 e. The van der Waals surface area contributed by atoms with E-state index in [0.29, 0.717) is 0 Å². The summed E-state index contributed by atoms with van der Waals surface area (Å²) >= 11 is 3.72. The molecule has 5 nitrogen and oxygen atoms in total. The standard InChI is InChI=1S/C15H22BrN5/c1-3-5-6-12-14(16)15-17-8-7-13(21(15)19-12)11-9-18-20(4-2)10-11/h9-10,13,17H,3-8H2,1-2H3. The van der Waals surface area contributed by atoms with Gasteiger partial charge in [0.15, 0.2) is 0 Å².